The summed E-state index contributed by atoms with van der Waals surface area (Å²) < 4.78 is 0. The molecule has 190 valence electrons. The molecule has 9 N–H and O–H groups in total. The lowest BCUT2D eigenvalue weighted by Crippen LogP contribution is -2.59. The summed E-state index contributed by atoms with van der Waals surface area (Å²) in [6.07, 6.45) is 1.26. The van der Waals surface area contributed by atoms with E-state index in [-0.39, 0.29) is 12.3 Å². The van der Waals surface area contributed by atoms with Gasteiger partial charge in [-0.05, 0) is 37.6 Å². The predicted molar refractivity (Wildman–Crippen MR) is 121 cm³/mol. The Morgan fingerprint density at radius 1 is 0.848 bits per heavy atom. The van der Waals surface area contributed by atoms with E-state index in [9.17, 15) is 29.1 Å². The van der Waals surface area contributed by atoms with E-state index in [1.165, 1.54) is 0 Å². The van der Waals surface area contributed by atoms with Crippen LogP contribution in [-0.4, -0.2) is 70.6 Å². The highest BCUT2D eigenvalue weighted by atomic mass is 16.4. The summed E-state index contributed by atoms with van der Waals surface area (Å²) in [6, 6.07) is -4.58. The van der Waals surface area contributed by atoms with Gasteiger partial charge >= 0.3 is 11.9 Å². The topological polar surface area (TPSA) is 214 Å². The lowest BCUT2D eigenvalue weighted by molar-refractivity contribution is -0.144. The number of hydrogen-bond donors (Lipinski definition) is 7. The Balaban J connectivity index is 5.49. The maximum absolute atomic E-state index is 12.9. The Morgan fingerprint density at radius 3 is 1.88 bits per heavy atom. The van der Waals surface area contributed by atoms with Gasteiger partial charge in [0.05, 0.1) is 12.5 Å². The van der Waals surface area contributed by atoms with Gasteiger partial charge in [-0.1, -0.05) is 34.1 Å². The fraction of sp³-hybridized carbons (Fsp3) is 0.762. The number of carboxylic acid groups (broad SMARTS) is 2. The molecule has 5 atom stereocenters. The summed E-state index contributed by atoms with van der Waals surface area (Å²) in [5, 5.41) is 25.8. The van der Waals surface area contributed by atoms with Gasteiger partial charge < -0.3 is 37.6 Å². The smallest absolute Gasteiger partial charge is 0.326 e. The Labute approximate surface area is 194 Å². The van der Waals surface area contributed by atoms with Crippen LogP contribution in [-0.2, 0) is 24.0 Å². The molecule has 12 nitrogen and oxygen atoms in total. The first kappa shape index (κ1) is 30.3. The maximum atomic E-state index is 12.9. The second kappa shape index (κ2) is 15.2. The maximum Gasteiger partial charge on any atom is 0.326 e. The minimum Gasteiger partial charge on any atom is -0.481 e. The molecule has 0 aromatic rings. The Kier molecular flexibility index (Phi) is 13.9. The van der Waals surface area contributed by atoms with Gasteiger partial charge in [0, 0.05) is 0 Å². The number of nitrogens with two attached hydrogens (primary N) is 2. The van der Waals surface area contributed by atoms with Gasteiger partial charge in [0.2, 0.25) is 17.7 Å². The average molecular weight is 474 g/mol. The van der Waals surface area contributed by atoms with Crippen molar-refractivity contribution in [3.63, 3.8) is 0 Å². The minimum absolute atomic E-state index is 0.221. The lowest BCUT2D eigenvalue weighted by Gasteiger charge is -2.27. The highest BCUT2D eigenvalue weighted by Crippen LogP contribution is 2.11. The fourth-order valence-corrected chi connectivity index (χ4v) is 3.04. The quantitative estimate of drug-likeness (QED) is 0.139. The number of amides is 3. The van der Waals surface area contributed by atoms with Crippen molar-refractivity contribution in [1.29, 1.82) is 0 Å². The Morgan fingerprint density at radius 2 is 1.42 bits per heavy atom. The molecule has 0 heterocycles. The fourth-order valence-electron chi connectivity index (χ4n) is 3.04. The molecule has 0 fully saturated rings. The first-order valence-corrected chi connectivity index (χ1v) is 11.2. The largest absolute Gasteiger partial charge is 0.481 e. The monoisotopic (exact) mass is 473 g/mol. The molecule has 0 aliphatic rings. The van der Waals surface area contributed by atoms with Crippen LogP contribution in [0, 0.1) is 11.8 Å². The lowest BCUT2D eigenvalue weighted by atomic mass is 9.98. The van der Waals surface area contributed by atoms with Gasteiger partial charge in [-0.3, -0.25) is 19.2 Å². The van der Waals surface area contributed by atoms with Crippen molar-refractivity contribution in [3.8, 4) is 0 Å². The first-order valence-electron chi connectivity index (χ1n) is 11.2. The second-order valence-electron chi connectivity index (χ2n) is 8.49. The second-order valence-corrected chi connectivity index (χ2v) is 8.49. The molecule has 0 spiro atoms. The van der Waals surface area contributed by atoms with E-state index < -0.39 is 66.2 Å². The highest BCUT2D eigenvalue weighted by Gasteiger charge is 2.32. The molecule has 33 heavy (non-hydrogen) atoms. The zero-order valence-corrected chi connectivity index (χ0v) is 19.8. The summed E-state index contributed by atoms with van der Waals surface area (Å²) in [6.45, 7) is 7.23. The van der Waals surface area contributed by atoms with E-state index in [0.717, 1.165) is 0 Å². The zero-order chi connectivity index (χ0) is 25.7. The SMILES string of the molecule is CCC(C)C(NC(=O)C(CCCCN)NC(=O)C(NC(=O)C(N)CC(=O)O)C(C)C)C(=O)O. The molecule has 12 heteroatoms. The Hall–Kier alpha value is -2.73. The number of rotatable bonds is 16. The zero-order valence-electron chi connectivity index (χ0n) is 19.8. The molecular formula is C21H39N5O7. The molecule has 0 aliphatic carbocycles. The van der Waals surface area contributed by atoms with Crippen LogP contribution in [0.25, 0.3) is 0 Å². The number of hydrogen-bond acceptors (Lipinski definition) is 7. The normalized spacial score (nSPS) is 15.6. The molecule has 0 aliphatic heterocycles. The Bertz CT molecular complexity index is 686. The van der Waals surface area contributed by atoms with Crippen molar-refractivity contribution < 1.29 is 34.2 Å². The van der Waals surface area contributed by atoms with Crippen LogP contribution in [0.2, 0.25) is 0 Å². The molecule has 0 saturated heterocycles. The number of aliphatic carboxylic acids is 2. The van der Waals surface area contributed by atoms with E-state index in [1.54, 1.807) is 27.7 Å². The van der Waals surface area contributed by atoms with E-state index in [0.29, 0.717) is 25.8 Å². The van der Waals surface area contributed by atoms with Gasteiger partial charge in [-0.25, -0.2) is 4.79 Å². The van der Waals surface area contributed by atoms with Gasteiger partial charge in [0.1, 0.15) is 18.1 Å². The third kappa shape index (κ3) is 11.1. The van der Waals surface area contributed by atoms with Crippen LogP contribution in [0.4, 0.5) is 0 Å². The standard InChI is InChI=1S/C21H39N5O7/c1-5-12(4)17(21(32)33)26-19(30)14(8-6-7-9-22)24-20(31)16(11(2)3)25-18(29)13(23)10-15(27)28/h11-14,16-17H,5-10,22-23H2,1-4H3,(H,24,31)(H,25,29)(H,26,30)(H,27,28)(H,32,33). The predicted octanol–water partition coefficient (Wildman–Crippen LogP) is -0.841. The van der Waals surface area contributed by atoms with Crippen molar-refractivity contribution >= 4 is 29.7 Å². The first-order chi connectivity index (χ1) is 15.3. The molecule has 0 aromatic heterocycles. The third-order valence-electron chi connectivity index (χ3n) is 5.33. The van der Waals surface area contributed by atoms with Gasteiger partial charge in [-0.15, -0.1) is 0 Å². The van der Waals surface area contributed by atoms with Crippen molar-refractivity contribution in [3.05, 3.63) is 0 Å². The number of unbranched alkanes of at least 4 members (excludes halogenated alkanes) is 1. The molecule has 0 radical (unpaired) electrons. The van der Waals surface area contributed by atoms with E-state index >= 15 is 0 Å². The summed E-state index contributed by atoms with van der Waals surface area (Å²) in [5.74, 6) is -5.28. The molecule has 0 rings (SSSR count). The minimum atomic E-state index is -1.34. The van der Waals surface area contributed by atoms with Gasteiger partial charge in [0.25, 0.3) is 0 Å². The van der Waals surface area contributed by atoms with Crippen LogP contribution in [0.5, 0.6) is 0 Å². The van der Waals surface area contributed by atoms with Crippen LogP contribution in [0.1, 0.15) is 59.8 Å². The van der Waals surface area contributed by atoms with Crippen molar-refractivity contribution in [2.24, 2.45) is 23.3 Å². The molecular weight excluding hydrogens is 434 g/mol. The van der Waals surface area contributed by atoms with Crippen LogP contribution in [0.3, 0.4) is 0 Å². The third-order valence-corrected chi connectivity index (χ3v) is 5.33. The van der Waals surface area contributed by atoms with Crippen LogP contribution < -0.4 is 27.4 Å². The summed E-state index contributed by atoms with van der Waals surface area (Å²) in [4.78, 5) is 60.4. The van der Waals surface area contributed by atoms with Crippen LogP contribution in [0.15, 0.2) is 0 Å². The molecule has 3 amide bonds. The number of carbonyl (C=O) groups excluding carboxylic acids is 3. The average Bonchev–Trinajstić information content (AvgIpc) is 2.73. The number of carboxylic acids is 2. The number of nitrogens with one attached hydrogen (secondary N) is 3. The van der Waals surface area contributed by atoms with Crippen LogP contribution >= 0.6 is 0 Å². The van der Waals surface area contributed by atoms with Crippen molar-refractivity contribution in [1.82, 2.24) is 16.0 Å². The van der Waals surface area contributed by atoms with Gasteiger partial charge in [0.15, 0.2) is 0 Å². The van der Waals surface area contributed by atoms with E-state index in [1.807, 2.05) is 0 Å². The molecule has 0 saturated carbocycles. The molecule has 5 unspecified atom stereocenters. The van der Waals surface area contributed by atoms with Crippen molar-refractivity contribution in [2.45, 2.75) is 84.0 Å². The highest BCUT2D eigenvalue weighted by molar-refractivity contribution is 5.94. The summed E-state index contributed by atoms with van der Waals surface area (Å²) >= 11 is 0. The summed E-state index contributed by atoms with van der Waals surface area (Å²) in [7, 11) is 0. The van der Waals surface area contributed by atoms with E-state index in [4.69, 9.17) is 16.6 Å². The molecule has 0 bridgehead atoms. The summed E-state index contributed by atoms with van der Waals surface area (Å²) in [5.41, 5.74) is 11.1. The number of carbonyl (C=O) groups is 5. The van der Waals surface area contributed by atoms with Crippen molar-refractivity contribution in [2.75, 3.05) is 6.54 Å². The molecule has 0 aromatic carbocycles. The van der Waals surface area contributed by atoms with E-state index in [2.05, 4.69) is 16.0 Å². The van der Waals surface area contributed by atoms with Gasteiger partial charge in [-0.2, -0.15) is 0 Å².